The van der Waals surface area contributed by atoms with Crippen molar-refractivity contribution in [1.29, 1.82) is 0 Å². The van der Waals surface area contributed by atoms with Crippen LogP contribution in [0.25, 0.3) is 10.9 Å². The molecule has 4 atom stereocenters. The molecular weight excluding hydrogens is 482 g/mol. The van der Waals surface area contributed by atoms with Crippen molar-refractivity contribution >= 4 is 34.0 Å². The molecule has 0 fully saturated rings. The van der Waals surface area contributed by atoms with Gasteiger partial charge in [-0.25, -0.2) is 9.97 Å². The van der Waals surface area contributed by atoms with Crippen LogP contribution in [0.1, 0.15) is 5.56 Å². The van der Waals surface area contributed by atoms with E-state index < -0.39 is 37.6 Å². The Hall–Kier alpha value is -2.77. The lowest BCUT2D eigenvalue weighted by Crippen LogP contribution is -2.49. The third-order valence-corrected chi connectivity index (χ3v) is 5.90. The van der Waals surface area contributed by atoms with E-state index in [0.717, 1.165) is 11.3 Å². The second-order valence-electron chi connectivity index (χ2n) is 7.56. The zero-order chi connectivity index (χ0) is 24.8. The van der Waals surface area contributed by atoms with Crippen molar-refractivity contribution < 1.29 is 40.1 Å². The van der Waals surface area contributed by atoms with E-state index >= 15 is 0 Å². The third kappa shape index (κ3) is 6.27. The first-order valence-electron chi connectivity index (χ1n) is 10.5. The summed E-state index contributed by atoms with van der Waals surface area (Å²) in [4.78, 5) is 8.62. The number of aliphatic hydroxyl groups is 4. The highest BCUT2D eigenvalue weighted by atomic mass is 35.5. The van der Waals surface area contributed by atoms with E-state index in [2.05, 4.69) is 15.3 Å². The van der Waals surface area contributed by atoms with Gasteiger partial charge in [0.2, 0.25) is 0 Å². The van der Waals surface area contributed by atoms with Crippen LogP contribution >= 0.6 is 11.6 Å². The second kappa shape index (κ2) is 12.8. The van der Waals surface area contributed by atoms with Crippen molar-refractivity contribution in [2.45, 2.75) is 31.3 Å². The van der Waals surface area contributed by atoms with Gasteiger partial charge in [0.1, 0.15) is 30.5 Å². The molecule has 1 aromatic heterocycles. The monoisotopic (exact) mass is 511 g/mol. The third-order valence-electron chi connectivity index (χ3n) is 5.49. The first-order chi connectivity index (χ1) is 16.3. The number of hydrogen-bond donors (Lipinski definition) is 5. The van der Waals surface area contributed by atoms with Gasteiger partial charge in [-0.05, 0) is 30.7 Å². The quantitative estimate of drug-likeness (QED) is 0.249. The molecule has 1 heterocycles. The summed E-state index contributed by atoms with van der Waals surface area (Å²) in [6.07, 6.45) is -3.97. The molecule has 0 amide bonds. The first kappa shape index (κ1) is 28.5. The first-order valence-corrected chi connectivity index (χ1v) is 10.8. The minimum atomic E-state index is -1.56. The number of ether oxygens (including phenoxy) is 3. The highest BCUT2D eigenvalue weighted by molar-refractivity contribution is 6.31. The smallest absolute Gasteiger partial charge is 0.164 e. The topological polar surface area (TPSA) is 178 Å². The molecule has 0 saturated heterocycles. The number of aliphatic hydroxyl groups excluding tert-OH is 4. The van der Waals surface area contributed by atoms with E-state index in [9.17, 15) is 20.4 Å². The van der Waals surface area contributed by atoms with E-state index in [1.807, 2.05) is 19.1 Å². The van der Waals surface area contributed by atoms with E-state index in [-0.39, 0.29) is 11.2 Å². The van der Waals surface area contributed by atoms with Crippen LogP contribution in [-0.2, 0) is 4.74 Å². The fraction of sp³-hybridized carbons (Fsp3) is 0.391. The Bertz CT molecular complexity index is 1120. The fourth-order valence-corrected chi connectivity index (χ4v) is 3.60. The Morgan fingerprint density at radius 1 is 1.00 bits per heavy atom. The molecule has 0 spiro atoms. The Labute approximate surface area is 207 Å². The zero-order valence-electron chi connectivity index (χ0n) is 19.5. The lowest BCUT2D eigenvalue weighted by atomic mass is 10.0. The molecule has 0 aliphatic carbocycles. The van der Waals surface area contributed by atoms with Crippen LogP contribution in [-0.4, -0.2) is 87.7 Å². The van der Waals surface area contributed by atoms with E-state index in [0.29, 0.717) is 27.5 Å². The summed E-state index contributed by atoms with van der Waals surface area (Å²) in [5, 5.41) is 44.4. The van der Waals surface area contributed by atoms with E-state index in [1.54, 1.807) is 18.2 Å². The summed E-state index contributed by atoms with van der Waals surface area (Å²) in [5.74, 6) is 0.987. The fourth-order valence-electron chi connectivity index (χ4n) is 3.43. The molecule has 0 bridgehead atoms. The number of methoxy groups -OCH3 is 2. The summed E-state index contributed by atoms with van der Waals surface area (Å²) in [7, 11) is 2.73. The van der Waals surface area contributed by atoms with Crippen molar-refractivity contribution in [3.05, 3.63) is 47.2 Å². The van der Waals surface area contributed by atoms with Crippen LogP contribution in [0.3, 0.4) is 0 Å². The molecular formula is C23H30ClN3O8. The Morgan fingerprint density at radius 3 is 2.31 bits per heavy atom. The lowest BCUT2D eigenvalue weighted by molar-refractivity contribution is -0.127. The Balaban J connectivity index is 0.00000432. The number of hydrogen-bond acceptors (Lipinski definition) is 10. The molecule has 3 aromatic rings. The number of nitrogens with one attached hydrogen (secondary N) is 1. The number of nitrogens with zero attached hydrogens (tertiary/aromatic N) is 2. The van der Waals surface area contributed by atoms with Gasteiger partial charge in [-0.1, -0.05) is 17.7 Å². The van der Waals surface area contributed by atoms with Gasteiger partial charge in [0.05, 0.1) is 25.8 Å². The summed E-state index contributed by atoms with van der Waals surface area (Å²) >= 11 is 6.22. The van der Waals surface area contributed by atoms with Gasteiger partial charge in [0, 0.05) is 29.3 Å². The van der Waals surface area contributed by atoms with E-state index in [1.165, 1.54) is 20.5 Å². The van der Waals surface area contributed by atoms with Gasteiger partial charge >= 0.3 is 0 Å². The standard InChI is InChI=1S/C23H28ClN3O7.H2O/c1-12-14(24)5-4-6-15(12)27-23-13-7-17(32-2)18(8-16(13)25-11-26-23)34-20(10-29)22(31)21(30)19(9-28)33-3;/h4-8,11,19-22,28-31H,9-10H2,1-3H3,(H,25,26,27);1H2/t19-,20-,21+,22+;/m0./s1. The summed E-state index contributed by atoms with van der Waals surface area (Å²) in [6.45, 7) is 0.747. The largest absolute Gasteiger partial charge is 0.493 e. The zero-order valence-corrected chi connectivity index (χ0v) is 20.2. The molecule has 35 heavy (non-hydrogen) atoms. The maximum Gasteiger partial charge on any atom is 0.164 e. The summed E-state index contributed by atoms with van der Waals surface area (Å²) in [5.41, 5.74) is 2.14. The average molecular weight is 512 g/mol. The number of rotatable bonds is 11. The number of anilines is 2. The van der Waals surface area contributed by atoms with Gasteiger partial charge in [0.25, 0.3) is 0 Å². The molecule has 2 aromatic carbocycles. The SMILES string of the molecule is COc1cc2c(Nc3cccc(Cl)c3C)ncnc2cc1O[C@@H](CO)[C@@H](O)[C@H](O)[C@H](CO)OC.O. The van der Waals surface area contributed by atoms with Gasteiger partial charge in [-0.3, -0.25) is 0 Å². The van der Waals surface area contributed by atoms with Crippen molar-refractivity contribution in [3.63, 3.8) is 0 Å². The predicted octanol–water partition coefficient (Wildman–Crippen LogP) is 0.988. The van der Waals surface area contributed by atoms with Crippen molar-refractivity contribution in [2.75, 3.05) is 32.8 Å². The minimum absolute atomic E-state index is 0. The van der Waals surface area contributed by atoms with Crippen LogP contribution in [0.5, 0.6) is 11.5 Å². The van der Waals surface area contributed by atoms with Gasteiger partial charge in [-0.15, -0.1) is 0 Å². The molecule has 0 aliphatic rings. The maximum absolute atomic E-state index is 10.5. The molecule has 192 valence electrons. The van der Waals surface area contributed by atoms with Crippen LogP contribution in [0.4, 0.5) is 11.5 Å². The number of fused-ring (bicyclic) bond motifs is 1. The summed E-state index contributed by atoms with van der Waals surface area (Å²) in [6, 6.07) is 8.74. The Kier molecular flexibility index (Phi) is 10.4. The van der Waals surface area contributed by atoms with Gasteiger partial charge < -0.3 is 45.4 Å². The van der Waals surface area contributed by atoms with Gasteiger partial charge in [-0.2, -0.15) is 0 Å². The second-order valence-corrected chi connectivity index (χ2v) is 7.96. The highest BCUT2D eigenvalue weighted by Crippen LogP contribution is 2.36. The molecule has 12 heteroatoms. The summed E-state index contributed by atoms with van der Waals surface area (Å²) < 4.78 is 16.2. The molecule has 0 unspecified atom stereocenters. The predicted molar refractivity (Wildman–Crippen MR) is 131 cm³/mol. The molecule has 0 radical (unpaired) electrons. The molecule has 0 saturated carbocycles. The number of aromatic nitrogens is 2. The Morgan fingerprint density at radius 2 is 1.69 bits per heavy atom. The van der Waals surface area contributed by atoms with Crippen LogP contribution in [0.15, 0.2) is 36.7 Å². The van der Waals surface area contributed by atoms with Gasteiger partial charge in [0.15, 0.2) is 17.6 Å². The van der Waals surface area contributed by atoms with Crippen molar-refractivity contribution in [1.82, 2.24) is 9.97 Å². The highest BCUT2D eigenvalue weighted by Gasteiger charge is 2.34. The maximum atomic E-state index is 10.5. The average Bonchev–Trinajstić information content (AvgIpc) is 2.85. The molecule has 7 N–H and O–H groups in total. The minimum Gasteiger partial charge on any atom is -0.493 e. The lowest BCUT2D eigenvalue weighted by Gasteiger charge is -2.30. The van der Waals surface area contributed by atoms with Crippen LogP contribution in [0.2, 0.25) is 5.02 Å². The van der Waals surface area contributed by atoms with E-state index in [4.69, 9.17) is 25.8 Å². The van der Waals surface area contributed by atoms with Crippen molar-refractivity contribution in [2.24, 2.45) is 0 Å². The normalized spacial score (nSPS) is 14.5. The number of benzene rings is 2. The van der Waals surface area contributed by atoms with Crippen molar-refractivity contribution in [3.8, 4) is 11.5 Å². The molecule has 0 aliphatic heterocycles. The molecule has 3 rings (SSSR count). The number of halogens is 1. The molecule has 11 nitrogen and oxygen atoms in total. The van der Waals surface area contributed by atoms with Crippen LogP contribution in [0, 0.1) is 6.92 Å². The van der Waals surface area contributed by atoms with Crippen LogP contribution < -0.4 is 14.8 Å².